The third-order valence-electron chi connectivity index (χ3n) is 3.98. The Bertz CT molecular complexity index is 750. The third-order valence-corrected chi connectivity index (χ3v) is 3.98. The summed E-state index contributed by atoms with van der Waals surface area (Å²) >= 11 is 0. The Morgan fingerprint density at radius 2 is 2.25 bits per heavy atom. The minimum Gasteiger partial charge on any atom is -0.393 e. The van der Waals surface area contributed by atoms with E-state index in [2.05, 4.69) is 20.4 Å². The number of nitrogens with two attached hydrogens (primary N) is 1. The number of hydrogen-bond donors (Lipinski definition) is 2. The van der Waals surface area contributed by atoms with Gasteiger partial charge in [-0.2, -0.15) is 4.98 Å². The molecule has 1 aromatic carbocycles. The second kappa shape index (κ2) is 7.12. The van der Waals surface area contributed by atoms with Gasteiger partial charge in [0, 0.05) is 25.7 Å². The summed E-state index contributed by atoms with van der Waals surface area (Å²) in [6, 6.07) is 3.14. The van der Waals surface area contributed by atoms with Crippen molar-refractivity contribution in [1.29, 1.82) is 0 Å². The minimum atomic E-state index is -0.512. The average molecular weight is 355 g/mol. The van der Waals surface area contributed by atoms with Crippen molar-refractivity contribution in [2.75, 3.05) is 32.4 Å². The number of nitro benzene ring substituents is 1. The van der Waals surface area contributed by atoms with E-state index in [1.807, 2.05) is 7.05 Å². The summed E-state index contributed by atoms with van der Waals surface area (Å²) in [4.78, 5) is 17.1. The molecule has 1 unspecified atom stereocenters. The van der Waals surface area contributed by atoms with Crippen LogP contribution in [0.15, 0.2) is 16.7 Å². The van der Waals surface area contributed by atoms with E-state index in [0.29, 0.717) is 17.0 Å². The molecule has 1 atom stereocenters. The Morgan fingerprint density at radius 3 is 2.92 bits per heavy atom. The van der Waals surface area contributed by atoms with Crippen molar-refractivity contribution in [3.8, 4) is 11.5 Å². The molecule has 0 radical (unpaired) electrons. The maximum atomic E-state index is 11.1. The van der Waals surface area contributed by atoms with Crippen molar-refractivity contribution in [2.24, 2.45) is 0 Å². The van der Waals surface area contributed by atoms with Crippen molar-refractivity contribution in [3.05, 3.63) is 33.6 Å². The molecule has 0 bridgehead atoms. The van der Waals surface area contributed by atoms with Gasteiger partial charge in [0.25, 0.3) is 11.6 Å². The summed E-state index contributed by atoms with van der Waals surface area (Å²) in [6.07, 6.45) is 0. The van der Waals surface area contributed by atoms with Gasteiger partial charge < -0.3 is 15.6 Å². The Morgan fingerprint density at radius 1 is 1.50 bits per heavy atom. The number of likely N-dealkylation sites (N-methyl/N-ethyl adjacent to an activating group) is 1. The van der Waals surface area contributed by atoms with Crippen LogP contribution in [-0.4, -0.2) is 46.6 Å². The van der Waals surface area contributed by atoms with Crippen molar-refractivity contribution in [1.82, 2.24) is 20.4 Å². The average Bonchev–Trinajstić information content (AvgIpc) is 2.99. The highest BCUT2D eigenvalue weighted by molar-refractivity contribution is 5.85. The van der Waals surface area contributed by atoms with E-state index in [0.717, 1.165) is 19.6 Å². The van der Waals surface area contributed by atoms with Crippen LogP contribution in [0.2, 0.25) is 0 Å². The molecule has 1 fully saturated rings. The minimum absolute atomic E-state index is 0. The first-order chi connectivity index (χ1) is 11.0. The van der Waals surface area contributed by atoms with Gasteiger partial charge in [-0.15, -0.1) is 12.4 Å². The van der Waals surface area contributed by atoms with Crippen LogP contribution in [0.4, 0.5) is 11.4 Å². The van der Waals surface area contributed by atoms with E-state index < -0.39 is 4.92 Å². The summed E-state index contributed by atoms with van der Waals surface area (Å²) in [5.41, 5.74) is 6.88. The molecule has 0 saturated carbocycles. The second-order valence-corrected chi connectivity index (χ2v) is 5.66. The number of aromatic nitrogens is 2. The van der Waals surface area contributed by atoms with Crippen LogP contribution in [0.1, 0.15) is 17.4 Å². The monoisotopic (exact) mass is 354 g/mol. The van der Waals surface area contributed by atoms with E-state index in [1.165, 1.54) is 6.07 Å². The Balaban J connectivity index is 0.00000208. The van der Waals surface area contributed by atoms with E-state index in [4.69, 9.17) is 10.3 Å². The van der Waals surface area contributed by atoms with Crippen LogP contribution in [0.25, 0.3) is 11.5 Å². The molecule has 3 rings (SSSR count). The number of benzene rings is 1. The maximum Gasteiger partial charge on any atom is 0.293 e. The number of anilines is 1. The Hall–Kier alpha value is -2.23. The Labute approximate surface area is 144 Å². The lowest BCUT2D eigenvalue weighted by Gasteiger charge is -2.30. The van der Waals surface area contributed by atoms with Crippen LogP contribution in [-0.2, 0) is 0 Å². The molecule has 1 aliphatic rings. The number of nitrogens with zero attached hydrogens (tertiary/aromatic N) is 4. The number of hydrogen-bond acceptors (Lipinski definition) is 8. The second-order valence-electron chi connectivity index (χ2n) is 5.66. The van der Waals surface area contributed by atoms with Crippen LogP contribution in [0.3, 0.4) is 0 Å². The van der Waals surface area contributed by atoms with E-state index in [-0.39, 0.29) is 35.7 Å². The van der Waals surface area contributed by atoms with E-state index >= 15 is 0 Å². The van der Waals surface area contributed by atoms with Gasteiger partial charge in [-0.3, -0.25) is 15.0 Å². The largest absolute Gasteiger partial charge is 0.393 e. The van der Waals surface area contributed by atoms with Crippen LogP contribution in [0.5, 0.6) is 0 Å². The summed E-state index contributed by atoms with van der Waals surface area (Å²) in [6.45, 7) is 4.27. The van der Waals surface area contributed by atoms with Gasteiger partial charge in [-0.25, -0.2) is 0 Å². The summed E-state index contributed by atoms with van der Waals surface area (Å²) in [7, 11) is 1.99. The van der Waals surface area contributed by atoms with Gasteiger partial charge >= 0.3 is 0 Å². The summed E-state index contributed by atoms with van der Waals surface area (Å²) in [5, 5.41) is 18.4. The van der Waals surface area contributed by atoms with Gasteiger partial charge in [0.05, 0.1) is 16.5 Å². The molecule has 2 heterocycles. The highest BCUT2D eigenvalue weighted by atomic mass is 35.5. The van der Waals surface area contributed by atoms with Crippen molar-refractivity contribution >= 4 is 23.8 Å². The highest BCUT2D eigenvalue weighted by Gasteiger charge is 2.27. The third kappa shape index (κ3) is 3.32. The molecular formula is C14H19ClN6O3. The first-order valence-electron chi connectivity index (χ1n) is 7.27. The molecule has 24 heavy (non-hydrogen) atoms. The van der Waals surface area contributed by atoms with Gasteiger partial charge in [0.15, 0.2) is 5.82 Å². The molecular weight excluding hydrogens is 336 g/mol. The van der Waals surface area contributed by atoms with Gasteiger partial charge in [0.1, 0.15) is 5.69 Å². The number of nitrogens with one attached hydrogen (secondary N) is 1. The lowest BCUT2D eigenvalue weighted by molar-refractivity contribution is -0.383. The predicted molar refractivity (Wildman–Crippen MR) is 91.0 cm³/mol. The fraction of sp³-hybridized carbons (Fsp3) is 0.429. The number of rotatable bonds is 3. The summed E-state index contributed by atoms with van der Waals surface area (Å²) < 4.78 is 5.30. The highest BCUT2D eigenvalue weighted by Crippen LogP contribution is 2.34. The van der Waals surface area contributed by atoms with E-state index in [9.17, 15) is 10.1 Å². The van der Waals surface area contributed by atoms with Crippen LogP contribution in [0, 0.1) is 17.0 Å². The molecule has 1 saturated heterocycles. The molecule has 9 nitrogen and oxygen atoms in total. The van der Waals surface area contributed by atoms with Gasteiger partial charge in [0.2, 0.25) is 0 Å². The molecule has 10 heteroatoms. The molecule has 1 aromatic heterocycles. The first kappa shape index (κ1) is 18.1. The summed E-state index contributed by atoms with van der Waals surface area (Å²) in [5.74, 6) is 0.738. The topological polar surface area (TPSA) is 123 Å². The number of piperazine rings is 1. The van der Waals surface area contributed by atoms with Crippen molar-refractivity contribution < 1.29 is 9.45 Å². The van der Waals surface area contributed by atoms with Crippen LogP contribution >= 0.6 is 12.4 Å². The molecule has 130 valence electrons. The molecule has 0 aliphatic carbocycles. The van der Waals surface area contributed by atoms with Gasteiger partial charge in [-0.1, -0.05) is 5.16 Å². The molecule has 1 aliphatic heterocycles. The zero-order chi connectivity index (χ0) is 16.6. The molecule has 2 aromatic rings. The normalized spacial score (nSPS) is 18.2. The predicted octanol–water partition coefficient (Wildman–Crippen LogP) is 1.53. The zero-order valence-corrected chi connectivity index (χ0v) is 14.2. The standard InChI is InChI=1S/C14H18N6O3.ClH/c1-8-5-9(12(15)10(6-8)20(21)22)14-17-13(18-23-14)11-7-16-3-4-19(11)2;/h5-6,11,16H,3-4,7,15H2,1-2H3;1H. The lowest BCUT2D eigenvalue weighted by Crippen LogP contribution is -2.44. The zero-order valence-electron chi connectivity index (χ0n) is 13.4. The van der Waals surface area contributed by atoms with Crippen molar-refractivity contribution in [2.45, 2.75) is 13.0 Å². The fourth-order valence-electron chi connectivity index (χ4n) is 2.68. The van der Waals surface area contributed by atoms with E-state index in [1.54, 1.807) is 13.0 Å². The maximum absolute atomic E-state index is 11.1. The molecule has 0 spiro atoms. The van der Waals surface area contributed by atoms with Gasteiger partial charge in [-0.05, 0) is 25.6 Å². The number of nitro groups is 1. The quantitative estimate of drug-likeness (QED) is 0.483. The molecule has 3 N–H and O–H groups in total. The number of nitrogen functional groups attached to an aromatic ring is 1. The number of aryl methyl sites for hydroxylation is 1. The SMILES string of the molecule is Cc1cc(-c2nc(C3CNCCN3C)no2)c(N)c([N+](=O)[O-])c1.Cl. The molecule has 0 amide bonds. The van der Waals surface area contributed by atoms with Crippen molar-refractivity contribution in [3.63, 3.8) is 0 Å². The fourth-order valence-corrected chi connectivity index (χ4v) is 2.68. The lowest BCUT2D eigenvalue weighted by atomic mass is 10.1. The first-order valence-corrected chi connectivity index (χ1v) is 7.27. The van der Waals surface area contributed by atoms with Crippen LogP contribution < -0.4 is 11.1 Å². The smallest absolute Gasteiger partial charge is 0.293 e. The number of halogens is 1. The Kier molecular flexibility index (Phi) is 5.37.